The Bertz CT molecular complexity index is 394. The topological polar surface area (TPSA) is 52.3 Å². The van der Waals surface area contributed by atoms with Gasteiger partial charge in [0.25, 0.3) is 0 Å². The van der Waals surface area contributed by atoms with Crippen LogP contribution in [0.1, 0.15) is 24.9 Å². The van der Waals surface area contributed by atoms with Crippen LogP contribution >= 0.6 is 0 Å². The summed E-state index contributed by atoms with van der Waals surface area (Å²) in [7, 11) is -0.894. The molecule has 1 aliphatic heterocycles. The minimum absolute atomic E-state index is 0.0742. The van der Waals surface area contributed by atoms with E-state index in [1.54, 1.807) is 0 Å². The molecule has 0 amide bonds. The number of fused-ring (bicyclic) bond motifs is 1. The maximum atomic E-state index is 12.0. The molecule has 0 fully saturated rings. The average Bonchev–Trinajstić information content (AvgIpc) is 2.30. The van der Waals surface area contributed by atoms with Gasteiger partial charge in [-0.1, -0.05) is 25.1 Å². The first kappa shape index (κ1) is 11.6. The molecule has 0 aromatic heterocycles. The van der Waals surface area contributed by atoms with Gasteiger partial charge in [-0.05, 0) is 12.5 Å². The zero-order valence-corrected chi connectivity index (χ0v) is 10.2. The lowest BCUT2D eigenvalue weighted by molar-refractivity contribution is 0.273. The van der Waals surface area contributed by atoms with Gasteiger partial charge in [0.15, 0.2) is 0 Å². The Labute approximate surface area is 98.4 Å². The minimum Gasteiger partial charge on any atom is -0.492 e. The van der Waals surface area contributed by atoms with Gasteiger partial charge >= 0.3 is 0 Å². The highest BCUT2D eigenvalue weighted by Crippen LogP contribution is 2.32. The van der Waals surface area contributed by atoms with Crippen molar-refractivity contribution in [3.8, 4) is 5.75 Å². The van der Waals surface area contributed by atoms with Gasteiger partial charge in [0.05, 0.1) is 11.3 Å². The molecule has 0 saturated carbocycles. The second-order valence-electron chi connectivity index (χ2n) is 4.00. The molecule has 88 valence electrons. The van der Waals surface area contributed by atoms with E-state index in [-0.39, 0.29) is 11.3 Å². The first-order valence-corrected chi connectivity index (χ1v) is 6.96. The third-order valence-corrected chi connectivity index (χ3v) is 4.74. The summed E-state index contributed by atoms with van der Waals surface area (Å²) in [5, 5.41) is -0.0742. The third kappa shape index (κ3) is 2.13. The van der Waals surface area contributed by atoms with E-state index in [4.69, 9.17) is 10.5 Å². The van der Waals surface area contributed by atoms with Crippen LogP contribution in [0.2, 0.25) is 0 Å². The van der Waals surface area contributed by atoms with Gasteiger partial charge in [0.1, 0.15) is 12.4 Å². The molecule has 0 saturated heterocycles. The zero-order chi connectivity index (χ0) is 11.5. The molecule has 1 heterocycles. The lowest BCUT2D eigenvalue weighted by Gasteiger charge is -2.30. The highest BCUT2D eigenvalue weighted by Gasteiger charge is 2.31. The molecule has 1 aromatic rings. The van der Waals surface area contributed by atoms with Crippen molar-refractivity contribution in [1.82, 2.24) is 0 Å². The highest BCUT2D eigenvalue weighted by atomic mass is 32.2. The van der Waals surface area contributed by atoms with E-state index in [0.717, 1.165) is 17.7 Å². The fourth-order valence-electron chi connectivity index (χ4n) is 1.96. The van der Waals surface area contributed by atoms with Crippen molar-refractivity contribution in [2.24, 2.45) is 5.73 Å². The average molecular weight is 239 g/mol. The number of ether oxygens (including phenoxy) is 1. The largest absolute Gasteiger partial charge is 0.492 e. The van der Waals surface area contributed by atoms with Crippen LogP contribution in [-0.2, 0) is 10.8 Å². The van der Waals surface area contributed by atoms with Crippen LogP contribution in [0, 0.1) is 0 Å². The van der Waals surface area contributed by atoms with Crippen LogP contribution in [0.3, 0.4) is 0 Å². The fourth-order valence-corrected chi connectivity index (χ4v) is 3.35. The number of nitrogens with two attached hydrogens (primary N) is 1. The molecular weight excluding hydrogens is 222 g/mol. The maximum Gasteiger partial charge on any atom is 0.124 e. The van der Waals surface area contributed by atoms with Gasteiger partial charge in [0, 0.05) is 22.1 Å². The number of benzene rings is 1. The molecule has 1 aliphatic rings. The van der Waals surface area contributed by atoms with E-state index in [2.05, 4.69) is 0 Å². The number of hydrogen-bond acceptors (Lipinski definition) is 3. The maximum absolute atomic E-state index is 12.0. The van der Waals surface area contributed by atoms with Crippen molar-refractivity contribution >= 4 is 10.8 Å². The van der Waals surface area contributed by atoms with Gasteiger partial charge in [-0.25, -0.2) is 0 Å². The molecule has 16 heavy (non-hydrogen) atoms. The summed E-state index contributed by atoms with van der Waals surface area (Å²) < 4.78 is 17.6. The third-order valence-electron chi connectivity index (χ3n) is 2.82. The van der Waals surface area contributed by atoms with Gasteiger partial charge < -0.3 is 10.5 Å². The van der Waals surface area contributed by atoms with Crippen LogP contribution in [0.25, 0.3) is 0 Å². The Kier molecular flexibility index (Phi) is 3.61. The van der Waals surface area contributed by atoms with E-state index in [1.807, 2.05) is 31.2 Å². The summed E-state index contributed by atoms with van der Waals surface area (Å²) in [4.78, 5) is 0. The Morgan fingerprint density at radius 3 is 3.00 bits per heavy atom. The highest BCUT2D eigenvalue weighted by molar-refractivity contribution is 7.85. The molecule has 2 rings (SSSR count). The monoisotopic (exact) mass is 239 g/mol. The molecule has 2 N–H and O–H groups in total. The summed E-state index contributed by atoms with van der Waals surface area (Å²) in [6.45, 7) is 2.49. The Morgan fingerprint density at radius 1 is 1.50 bits per heavy atom. The Balaban J connectivity index is 2.21. The van der Waals surface area contributed by atoms with Gasteiger partial charge in [0.2, 0.25) is 0 Å². The van der Waals surface area contributed by atoms with Crippen molar-refractivity contribution in [1.29, 1.82) is 0 Å². The second kappa shape index (κ2) is 4.97. The Hall–Kier alpha value is -0.870. The molecule has 0 spiro atoms. The molecule has 3 nitrogen and oxygen atoms in total. The van der Waals surface area contributed by atoms with Crippen molar-refractivity contribution < 1.29 is 8.95 Å². The minimum atomic E-state index is -0.894. The summed E-state index contributed by atoms with van der Waals surface area (Å²) in [5.41, 5.74) is 7.12. The molecule has 0 radical (unpaired) electrons. The summed E-state index contributed by atoms with van der Waals surface area (Å²) in [5.74, 6) is 1.53. The second-order valence-corrected chi connectivity index (χ2v) is 5.77. The van der Waals surface area contributed by atoms with Crippen LogP contribution in [-0.4, -0.2) is 21.8 Å². The molecular formula is C12H17NO2S. The van der Waals surface area contributed by atoms with Gasteiger partial charge in [-0.2, -0.15) is 0 Å². The quantitative estimate of drug-likeness (QED) is 0.871. The van der Waals surface area contributed by atoms with Crippen LogP contribution < -0.4 is 10.5 Å². The lowest BCUT2D eigenvalue weighted by atomic mass is 10.0. The van der Waals surface area contributed by atoms with Crippen molar-refractivity contribution in [3.63, 3.8) is 0 Å². The molecule has 0 aliphatic carbocycles. The first-order chi connectivity index (χ1) is 7.74. The summed E-state index contributed by atoms with van der Waals surface area (Å²) in [6, 6.07) is 7.56. The number of hydrogen-bond donors (Lipinski definition) is 1. The number of rotatable bonds is 3. The van der Waals surface area contributed by atoms with Gasteiger partial charge in [-0.15, -0.1) is 0 Å². The SMILES string of the molecule is CCCS(=O)C1COc2ccccc2C1N. The Morgan fingerprint density at radius 2 is 2.25 bits per heavy atom. The van der Waals surface area contributed by atoms with Crippen LogP contribution in [0.5, 0.6) is 5.75 Å². The molecule has 4 heteroatoms. The molecule has 1 aromatic carbocycles. The number of para-hydroxylation sites is 1. The molecule has 0 bridgehead atoms. The lowest BCUT2D eigenvalue weighted by Crippen LogP contribution is -2.39. The summed E-state index contributed by atoms with van der Waals surface area (Å²) in [6.07, 6.45) is 0.914. The van der Waals surface area contributed by atoms with E-state index >= 15 is 0 Å². The predicted molar refractivity (Wildman–Crippen MR) is 66.0 cm³/mol. The van der Waals surface area contributed by atoms with Crippen molar-refractivity contribution in [2.45, 2.75) is 24.6 Å². The first-order valence-electron chi connectivity index (χ1n) is 5.58. The molecule has 3 atom stereocenters. The fraction of sp³-hybridized carbons (Fsp3) is 0.500. The van der Waals surface area contributed by atoms with E-state index in [1.165, 1.54) is 0 Å². The van der Waals surface area contributed by atoms with Gasteiger partial charge in [-0.3, -0.25) is 4.21 Å². The van der Waals surface area contributed by atoms with Crippen molar-refractivity contribution in [2.75, 3.05) is 12.4 Å². The van der Waals surface area contributed by atoms with E-state index < -0.39 is 10.8 Å². The van der Waals surface area contributed by atoms with Crippen LogP contribution in [0.15, 0.2) is 24.3 Å². The zero-order valence-electron chi connectivity index (χ0n) is 9.39. The van der Waals surface area contributed by atoms with Crippen LogP contribution in [0.4, 0.5) is 0 Å². The van der Waals surface area contributed by atoms with E-state index in [9.17, 15) is 4.21 Å². The standard InChI is InChI=1S/C12H17NO2S/c1-2-7-16(14)11-8-15-10-6-4-3-5-9(10)12(11)13/h3-6,11-12H,2,7-8,13H2,1H3. The smallest absolute Gasteiger partial charge is 0.124 e. The summed E-state index contributed by atoms with van der Waals surface area (Å²) >= 11 is 0. The normalized spacial score (nSPS) is 25.6. The molecule has 3 unspecified atom stereocenters. The van der Waals surface area contributed by atoms with Crippen molar-refractivity contribution in [3.05, 3.63) is 29.8 Å². The predicted octanol–water partition coefficient (Wildman–Crippen LogP) is 1.61. The van der Waals surface area contributed by atoms with E-state index in [0.29, 0.717) is 12.4 Å².